The van der Waals surface area contributed by atoms with Crippen LogP contribution in [0.2, 0.25) is 0 Å². The standard InChI is InChI=1S/C19H26N6O3.2ClH/c1-13-5-8-25(15-3-6-20-7-4-15)19(27)16(13)18(26)24-11-9-23(10-12-24)17-14(2)21-28-22-17;;/h5,8,15,20H,3-4,6-7,9-12H2,1-2H3;2*1H. The zero-order chi connectivity index (χ0) is 19.7. The SMILES string of the molecule is Cc1ccn(C2CCNCC2)c(=O)c1C(=O)N1CCN(c2nonc2C)CC1.Cl.Cl. The molecule has 0 saturated carbocycles. The highest BCUT2D eigenvalue weighted by molar-refractivity contribution is 5.95. The predicted molar refractivity (Wildman–Crippen MR) is 118 cm³/mol. The van der Waals surface area contributed by atoms with Gasteiger partial charge in [0.15, 0.2) is 5.82 Å². The van der Waals surface area contributed by atoms with E-state index in [1.54, 1.807) is 9.47 Å². The molecule has 2 aliphatic rings. The third kappa shape index (κ3) is 4.63. The van der Waals surface area contributed by atoms with Crippen LogP contribution in [0.25, 0.3) is 0 Å². The number of piperidine rings is 1. The van der Waals surface area contributed by atoms with Gasteiger partial charge < -0.3 is 19.7 Å². The molecule has 0 radical (unpaired) electrons. The fourth-order valence-corrected chi connectivity index (χ4v) is 4.07. The summed E-state index contributed by atoms with van der Waals surface area (Å²) in [4.78, 5) is 30.1. The molecule has 4 heterocycles. The number of aryl methyl sites for hydroxylation is 2. The lowest BCUT2D eigenvalue weighted by Gasteiger charge is -2.35. The Morgan fingerprint density at radius 2 is 1.77 bits per heavy atom. The van der Waals surface area contributed by atoms with Crippen molar-refractivity contribution in [1.82, 2.24) is 25.1 Å². The number of pyridine rings is 1. The normalized spacial score (nSPS) is 17.3. The number of rotatable bonds is 3. The Morgan fingerprint density at radius 1 is 1.10 bits per heavy atom. The fourth-order valence-electron chi connectivity index (χ4n) is 4.07. The van der Waals surface area contributed by atoms with Crippen molar-refractivity contribution in [1.29, 1.82) is 0 Å². The molecule has 2 aromatic heterocycles. The van der Waals surface area contributed by atoms with E-state index in [4.69, 9.17) is 4.63 Å². The first-order valence-corrected chi connectivity index (χ1v) is 9.82. The predicted octanol–water partition coefficient (Wildman–Crippen LogP) is 1.58. The van der Waals surface area contributed by atoms with Gasteiger partial charge >= 0.3 is 0 Å². The molecule has 0 unspecified atom stereocenters. The van der Waals surface area contributed by atoms with E-state index in [0.29, 0.717) is 31.7 Å². The molecule has 1 amide bonds. The lowest BCUT2D eigenvalue weighted by atomic mass is 10.0. The number of aromatic nitrogens is 3. The summed E-state index contributed by atoms with van der Waals surface area (Å²) in [5.41, 5.74) is 1.60. The van der Waals surface area contributed by atoms with Crippen molar-refractivity contribution in [3.63, 3.8) is 0 Å². The number of anilines is 1. The first-order chi connectivity index (χ1) is 13.6. The molecule has 166 valence electrons. The minimum Gasteiger partial charge on any atom is -0.349 e. The Hall–Kier alpha value is -2.10. The third-order valence-electron chi connectivity index (χ3n) is 5.74. The lowest BCUT2D eigenvalue weighted by molar-refractivity contribution is 0.0742. The van der Waals surface area contributed by atoms with Crippen molar-refractivity contribution in [2.45, 2.75) is 32.7 Å². The van der Waals surface area contributed by atoms with E-state index in [2.05, 4.69) is 20.5 Å². The van der Waals surface area contributed by atoms with Crippen LogP contribution in [0.4, 0.5) is 5.82 Å². The minimum atomic E-state index is -0.180. The van der Waals surface area contributed by atoms with Gasteiger partial charge in [0.2, 0.25) is 0 Å². The fraction of sp³-hybridized carbons (Fsp3) is 0.579. The lowest BCUT2D eigenvalue weighted by Crippen LogP contribution is -2.50. The molecule has 2 aliphatic heterocycles. The van der Waals surface area contributed by atoms with Crippen LogP contribution in [0.3, 0.4) is 0 Å². The van der Waals surface area contributed by atoms with E-state index in [9.17, 15) is 9.59 Å². The van der Waals surface area contributed by atoms with E-state index in [-0.39, 0.29) is 42.3 Å². The van der Waals surface area contributed by atoms with Gasteiger partial charge in [-0.15, -0.1) is 24.8 Å². The smallest absolute Gasteiger partial charge is 0.263 e. The topological polar surface area (TPSA) is 96.5 Å². The van der Waals surface area contributed by atoms with Gasteiger partial charge in [-0.2, -0.15) is 0 Å². The van der Waals surface area contributed by atoms with E-state index in [1.165, 1.54) is 0 Å². The number of halogens is 2. The van der Waals surface area contributed by atoms with E-state index in [0.717, 1.165) is 43.0 Å². The van der Waals surface area contributed by atoms with Gasteiger partial charge in [-0.1, -0.05) is 5.16 Å². The van der Waals surface area contributed by atoms with Crippen LogP contribution in [0.15, 0.2) is 21.7 Å². The number of carbonyl (C=O) groups excluding carboxylic acids is 1. The minimum absolute atomic E-state index is 0. The van der Waals surface area contributed by atoms with Crippen LogP contribution in [0.1, 0.15) is 40.5 Å². The van der Waals surface area contributed by atoms with Crippen molar-refractivity contribution in [3.8, 4) is 0 Å². The highest BCUT2D eigenvalue weighted by Gasteiger charge is 2.28. The van der Waals surface area contributed by atoms with Gasteiger partial charge in [0.1, 0.15) is 11.3 Å². The number of amides is 1. The highest BCUT2D eigenvalue weighted by Crippen LogP contribution is 2.20. The maximum atomic E-state index is 13.2. The van der Waals surface area contributed by atoms with Crippen LogP contribution in [-0.4, -0.2) is 65.0 Å². The van der Waals surface area contributed by atoms with Crippen LogP contribution in [-0.2, 0) is 0 Å². The molecule has 0 bridgehead atoms. The largest absolute Gasteiger partial charge is 0.349 e. The highest BCUT2D eigenvalue weighted by atomic mass is 35.5. The first kappa shape index (κ1) is 24.2. The second kappa shape index (κ2) is 10.3. The van der Waals surface area contributed by atoms with Gasteiger partial charge in [0.05, 0.1) is 0 Å². The molecule has 30 heavy (non-hydrogen) atoms. The maximum Gasteiger partial charge on any atom is 0.263 e. The zero-order valence-corrected chi connectivity index (χ0v) is 18.8. The van der Waals surface area contributed by atoms with Crippen LogP contribution in [0.5, 0.6) is 0 Å². The molecular formula is C19H28Cl2N6O3. The molecule has 0 spiro atoms. The zero-order valence-electron chi connectivity index (χ0n) is 17.2. The molecule has 11 heteroatoms. The number of carbonyl (C=O) groups is 1. The summed E-state index contributed by atoms with van der Waals surface area (Å²) in [7, 11) is 0. The van der Waals surface area contributed by atoms with Crippen LogP contribution in [0, 0.1) is 13.8 Å². The number of piperazine rings is 1. The Kier molecular flexibility index (Phi) is 8.28. The molecule has 0 atom stereocenters. The molecule has 4 rings (SSSR count). The molecular weight excluding hydrogens is 431 g/mol. The van der Waals surface area contributed by atoms with Crippen LogP contribution < -0.4 is 15.8 Å². The summed E-state index contributed by atoms with van der Waals surface area (Å²) >= 11 is 0. The first-order valence-electron chi connectivity index (χ1n) is 9.82. The Balaban J connectivity index is 0.00000160. The Morgan fingerprint density at radius 3 is 2.37 bits per heavy atom. The summed E-state index contributed by atoms with van der Waals surface area (Å²) in [5.74, 6) is 0.539. The number of nitrogens with one attached hydrogen (secondary N) is 1. The van der Waals surface area contributed by atoms with Gasteiger partial charge in [0, 0.05) is 38.4 Å². The summed E-state index contributed by atoms with van der Waals surface area (Å²) in [6, 6.07) is 2.04. The molecule has 1 N–H and O–H groups in total. The average molecular weight is 459 g/mol. The van der Waals surface area contributed by atoms with E-state index >= 15 is 0 Å². The van der Waals surface area contributed by atoms with Crippen molar-refractivity contribution < 1.29 is 9.42 Å². The van der Waals surface area contributed by atoms with Crippen molar-refractivity contribution >= 4 is 36.5 Å². The number of hydrogen-bond acceptors (Lipinski definition) is 7. The maximum absolute atomic E-state index is 13.2. The van der Waals surface area contributed by atoms with Crippen LogP contribution >= 0.6 is 24.8 Å². The molecule has 2 aromatic rings. The van der Waals surface area contributed by atoms with Gasteiger partial charge in [-0.05, 0) is 56.6 Å². The Bertz CT molecular complexity index is 917. The average Bonchev–Trinajstić information content (AvgIpc) is 3.14. The van der Waals surface area contributed by atoms with E-state index < -0.39 is 0 Å². The molecule has 0 aliphatic carbocycles. The summed E-state index contributed by atoms with van der Waals surface area (Å²) < 4.78 is 6.53. The van der Waals surface area contributed by atoms with Gasteiger partial charge in [-0.3, -0.25) is 9.59 Å². The Labute approximate surface area is 187 Å². The van der Waals surface area contributed by atoms with Crippen molar-refractivity contribution in [2.24, 2.45) is 0 Å². The van der Waals surface area contributed by atoms with E-state index in [1.807, 2.05) is 26.1 Å². The summed E-state index contributed by atoms with van der Waals surface area (Å²) in [6.07, 6.45) is 3.64. The van der Waals surface area contributed by atoms with Crippen molar-refractivity contribution in [2.75, 3.05) is 44.2 Å². The summed E-state index contributed by atoms with van der Waals surface area (Å²) in [6.45, 7) is 7.81. The molecule has 2 saturated heterocycles. The molecule has 9 nitrogen and oxygen atoms in total. The summed E-state index contributed by atoms with van der Waals surface area (Å²) in [5, 5.41) is 11.1. The van der Waals surface area contributed by atoms with Gasteiger partial charge in [0.25, 0.3) is 11.5 Å². The third-order valence-corrected chi connectivity index (χ3v) is 5.74. The second-order valence-corrected chi connectivity index (χ2v) is 7.52. The molecule has 2 fully saturated rings. The van der Waals surface area contributed by atoms with Gasteiger partial charge in [-0.25, -0.2) is 4.63 Å². The second-order valence-electron chi connectivity index (χ2n) is 7.52. The number of hydrogen-bond donors (Lipinski definition) is 1. The quantitative estimate of drug-likeness (QED) is 0.745. The number of nitrogens with zero attached hydrogens (tertiary/aromatic N) is 5. The monoisotopic (exact) mass is 458 g/mol. The molecule has 0 aromatic carbocycles. The van der Waals surface area contributed by atoms with Crippen molar-refractivity contribution in [3.05, 3.63) is 39.4 Å².